The number of aliphatic hydroxyl groups is 1. The Morgan fingerprint density at radius 2 is 1.50 bits per heavy atom. The van der Waals surface area contributed by atoms with E-state index in [0.29, 0.717) is 6.61 Å². The van der Waals surface area contributed by atoms with Crippen LogP contribution < -0.4 is 14.7 Å². The summed E-state index contributed by atoms with van der Waals surface area (Å²) in [5.74, 6) is 0. The maximum absolute atomic E-state index is 8.55. The molecule has 1 N–H and O–H groups in total. The second-order valence-electron chi connectivity index (χ2n) is 1.17. The molecule has 0 rings (SSSR count). The largest absolute Gasteiger partial charge is 0.822 e. The fourth-order valence-corrected chi connectivity index (χ4v) is 0. The third kappa shape index (κ3) is 171. The average molecular weight is 350 g/mol. The molecular weight excluding hydrogens is 342 g/mol. The maximum atomic E-state index is 8.55. The molecule has 0 amide bonds. The van der Waals surface area contributed by atoms with Crippen LogP contribution in [0, 0.1) is 0 Å². The molecule has 0 spiro atoms. The summed E-state index contributed by atoms with van der Waals surface area (Å²) in [4.78, 5) is 25.6. The Morgan fingerprint density at radius 1 is 1.40 bits per heavy atom. The zero-order valence-electron chi connectivity index (χ0n) is 5.26. The van der Waals surface area contributed by atoms with Crippen molar-refractivity contribution in [2.75, 3.05) is 6.61 Å². The fraction of sp³-hybridized carbons (Fsp3) is 1.00. The summed E-state index contributed by atoms with van der Waals surface area (Å²) >= 11 is 0. The zero-order valence-corrected chi connectivity index (χ0v) is 8.42. The van der Waals surface area contributed by atoms with E-state index >= 15 is 0 Å². The standard InChI is InChI=1S/C3H8O.H3O4P.Pt/c1-2-3-4;1-5(2,3)4;/h4H,2-3H2,1H3;(H3,1,2,3,4);/p-3. The number of hydrogen-bond donors (Lipinski definition) is 1. The van der Waals surface area contributed by atoms with Gasteiger partial charge in [0.1, 0.15) is 0 Å². The molecule has 0 heterocycles. The van der Waals surface area contributed by atoms with Crippen molar-refractivity contribution in [2.45, 2.75) is 13.3 Å². The first-order valence-electron chi connectivity index (χ1n) is 2.25. The van der Waals surface area contributed by atoms with Gasteiger partial charge in [0.2, 0.25) is 0 Å². The smallest absolute Gasteiger partial charge is 0.0428 e. The van der Waals surface area contributed by atoms with Gasteiger partial charge in [0.25, 0.3) is 0 Å². The predicted octanol–water partition coefficient (Wildman–Crippen LogP) is -2.44. The van der Waals surface area contributed by atoms with E-state index in [1.807, 2.05) is 6.92 Å². The van der Waals surface area contributed by atoms with Gasteiger partial charge in [-0.25, -0.2) is 0 Å². The molecule has 68 valence electrons. The van der Waals surface area contributed by atoms with Crippen LogP contribution in [-0.2, 0) is 25.6 Å². The Labute approximate surface area is 73.6 Å². The van der Waals surface area contributed by atoms with Crippen LogP contribution >= 0.6 is 7.82 Å². The van der Waals surface area contributed by atoms with E-state index in [1.165, 1.54) is 0 Å². The summed E-state index contributed by atoms with van der Waals surface area (Å²) in [7, 11) is -5.39. The van der Waals surface area contributed by atoms with Gasteiger partial charge < -0.3 is 24.4 Å². The molecule has 0 saturated carbocycles. The second kappa shape index (κ2) is 9.76. The summed E-state index contributed by atoms with van der Waals surface area (Å²) in [6, 6.07) is 0. The SMILES string of the molecule is CCCO.O=P([O-])([O-])[O-].[Pt]. The Hall–Kier alpha value is 0.758. The molecule has 10 heavy (non-hydrogen) atoms. The van der Waals surface area contributed by atoms with Gasteiger partial charge in [-0.1, -0.05) is 6.92 Å². The molecule has 0 unspecified atom stereocenters. The van der Waals surface area contributed by atoms with Crippen LogP contribution in [0.2, 0.25) is 0 Å². The van der Waals surface area contributed by atoms with E-state index in [0.717, 1.165) is 6.42 Å². The van der Waals surface area contributed by atoms with Crippen LogP contribution in [0.5, 0.6) is 0 Å². The Morgan fingerprint density at radius 3 is 1.50 bits per heavy atom. The number of aliphatic hydroxyl groups excluding tert-OH is 1. The van der Waals surface area contributed by atoms with Crippen LogP contribution in [0.3, 0.4) is 0 Å². The monoisotopic (exact) mass is 350 g/mol. The van der Waals surface area contributed by atoms with E-state index in [2.05, 4.69) is 0 Å². The first-order chi connectivity index (χ1) is 3.91. The molecule has 0 aliphatic heterocycles. The van der Waals surface area contributed by atoms with Crippen LogP contribution in [0.25, 0.3) is 0 Å². The molecule has 0 aromatic carbocycles. The third-order valence-electron chi connectivity index (χ3n) is 0.224. The second-order valence-corrected chi connectivity index (χ2v) is 2.07. The van der Waals surface area contributed by atoms with E-state index in [9.17, 15) is 0 Å². The summed E-state index contributed by atoms with van der Waals surface area (Å²) in [6.45, 7) is 2.25. The van der Waals surface area contributed by atoms with Crippen molar-refractivity contribution in [2.24, 2.45) is 0 Å². The van der Waals surface area contributed by atoms with Gasteiger partial charge in [-0.15, -0.1) is 0 Å². The minimum atomic E-state index is -5.39. The van der Waals surface area contributed by atoms with E-state index < -0.39 is 7.82 Å². The minimum Gasteiger partial charge on any atom is -0.822 e. The molecule has 0 bridgehead atoms. The van der Waals surface area contributed by atoms with Crippen molar-refractivity contribution in [1.82, 2.24) is 0 Å². The summed E-state index contributed by atoms with van der Waals surface area (Å²) < 4.78 is 8.55. The predicted molar refractivity (Wildman–Crippen MR) is 25.0 cm³/mol. The number of rotatable bonds is 1. The maximum Gasteiger partial charge on any atom is 0.0428 e. The van der Waals surface area contributed by atoms with Gasteiger partial charge in [0, 0.05) is 27.7 Å². The molecule has 0 aliphatic carbocycles. The van der Waals surface area contributed by atoms with Gasteiger partial charge in [-0.3, -0.25) is 0 Å². The van der Waals surface area contributed by atoms with E-state index in [-0.39, 0.29) is 21.1 Å². The number of hydrogen-bond acceptors (Lipinski definition) is 5. The summed E-state index contributed by atoms with van der Waals surface area (Å²) in [5.41, 5.74) is 0. The Bertz CT molecular complexity index is 80.6. The van der Waals surface area contributed by atoms with Crippen molar-refractivity contribution in [3.05, 3.63) is 0 Å². The first-order valence-corrected chi connectivity index (χ1v) is 3.71. The molecule has 0 aromatic rings. The van der Waals surface area contributed by atoms with Gasteiger partial charge in [0.15, 0.2) is 0 Å². The minimum absolute atomic E-state index is 0. The average Bonchev–Trinajstić information content (AvgIpc) is 1.61. The van der Waals surface area contributed by atoms with Gasteiger partial charge in [-0.2, -0.15) is 7.82 Å². The molecule has 0 atom stereocenters. The molecule has 0 saturated heterocycles. The van der Waals surface area contributed by atoms with E-state index in [4.69, 9.17) is 24.4 Å². The van der Waals surface area contributed by atoms with Crippen LogP contribution in [-0.4, -0.2) is 11.7 Å². The Balaban J connectivity index is -0.0000000910. The van der Waals surface area contributed by atoms with Crippen molar-refractivity contribution >= 4 is 7.82 Å². The fourth-order valence-electron chi connectivity index (χ4n) is 0. The van der Waals surface area contributed by atoms with Crippen molar-refractivity contribution in [3.8, 4) is 0 Å². The van der Waals surface area contributed by atoms with Crippen molar-refractivity contribution in [3.63, 3.8) is 0 Å². The quantitative estimate of drug-likeness (QED) is 0.529. The first kappa shape index (κ1) is 17.0. The molecular formula is C3H8O5PPt-3. The topological polar surface area (TPSA) is 106 Å². The summed E-state index contributed by atoms with van der Waals surface area (Å²) in [5, 5.41) is 7.88. The molecule has 0 radical (unpaired) electrons. The van der Waals surface area contributed by atoms with Crippen LogP contribution in [0.15, 0.2) is 0 Å². The Kier molecular flexibility index (Phi) is 16.6. The van der Waals surface area contributed by atoms with Gasteiger partial charge in [-0.05, 0) is 6.42 Å². The van der Waals surface area contributed by atoms with Gasteiger partial charge >= 0.3 is 0 Å². The van der Waals surface area contributed by atoms with Crippen molar-refractivity contribution < 1.29 is 45.4 Å². The molecule has 0 aromatic heterocycles. The summed E-state index contributed by atoms with van der Waals surface area (Å²) in [6.07, 6.45) is 0.875. The zero-order chi connectivity index (χ0) is 7.91. The van der Waals surface area contributed by atoms with Crippen molar-refractivity contribution in [1.29, 1.82) is 0 Å². The van der Waals surface area contributed by atoms with Crippen LogP contribution in [0.1, 0.15) is 13.3 Å². The molecule has 0 fully saturated rings. The third-order valence-corrected chi connectivity index (χ3v) is 0.224. The van der Waals surface area contributed by atoms with E-state index in [1.54, 1.807) is 0 Å². The normalized spacial score (nSPS) is 8.90. The molecule has 5 nitrogen and oxygen atoms in total. The molecule has 7 heteroatoms. The number of phosphoric acid groups is 1. The van der Waals surface area contributed by atoms with Crippen LogP contribution in [0.4, 0.5) is 0 Å². The van der Waals surface area contributed by atoms with Gasteiger partial charge in [0.05, 0.1) is 0 Å². The molecule has 0 aliphatic rings.